The zero-order valence-corrected chi connectivity index (χ0v) is 16.8. The third-order valence-electron chi connectivity index (χ3n) is 5.10. The molecule has 2 aliphatic heterocycles. The van der Waals surface area contributed by atoms with Crippen molar-refractivity contribution in [1.82, 2.24) is 10.2 Å². The number of carbonyl (C=O) groups is 4. The van der Waals surface area contributed by atoms with Crippen LogP contribution in [0.3, 0.4) is 0 Å². The van der Waals surface area contributed by atoms with Gasteiger partial charge >= 0.3 is 6.03 Å². The van der Waals surface area contributed by atoms with Crippen LogP contribution in [0.1, 0.15) is 46.5 Å². The number of fused-ring (bicyclic) bond motifs is 1. The van der Waals surface area contributed by atoms with Gasteiger partial charge in [0.15, 0.2) is 6.10 Å². The molecule has 2 aliphatic rings. The Bertz CT molecular complexity index is 847. The highest BCUT2D eigenvalue weighted by Crippen LogP contribution is 2.32. The normalized spacial score (nSPS) is 19.9. The predicted molar refractivity (Wildman–Crippen MR) is 107 cm³/mol. The molecule has 0 bridgehead atoms. The van der Waals surface area contributed by atoms with Gasteiger partial charge < -0.3 is 20.7 Å². The molecule has 0 saturated carbocycles. The predicted octanol–water partition coefficient (Wildman–Crippen LogP) is 2.24. The number of anilines is 2. The molecular formula is C20H26N4O5. The molecule has 2 heterocycles. The number of hydrogen-bond donors (Lipinski definition) is 3. The smallest absolute Gasteiger partial charge is 0.325 e. The van der Waals surface area contributed by atoms with E-state index >= 15 is 0 Å². The highest BCUT2D eigenvalue weighted by atomic mass is 16.5. The zero-order chi connectivity index (χ0) is 21.2. The van der Waals surface area contributed by atoms with E-state index in [1.165, 1.54) is 0 Å². The van der Waals surface area contributed by atoms with Crippen LogP contribution in [0.15, 0.2) is 18.2 Å². The summed E-state index contributed by atoms with van der Waals surface area (Å²) in [5.41, 5.74) is -0.0520. The van der Waals surface area contributed by atoms with Crippen molar-refractivity contribution >= 4 is 35.1 Å². The Morgan fingerprint density at radius 3 is 2.55 bits per heavy atom. The molecule has 1 saturated heterocycles. The minimum absolute atomic E-state index is 0.275. The van der Waals surface area contributed by atoms with Crippen LogP contribution in [0.5, 0.6) is 5.75 Å². The fraction of sp³-hybridized carbons (Fsp3) is 0.500. The quantitative estimate of drug-likeness (QED) is 0.605. The minimum atomic E-state index is -0.926. The molecule has 9 heteroatoms. The van der Waals surface area contributed by atoms with Gasteiger partial charge in [-0.15, -0.1) is 0 Å². The van der Waals surface area contributed by atoms with E-state index in [9.17, 15) is 19.2 Å². The maximum absolute atomic E-state index is 12.9. The zero-order valence-electron chi connectivity index (χ0n) is 16.8. The fourth-order valence-electron chi connectivity index (χ4n) is 3.77. The lowest BCUT2D eigenvalue weighted by Crippen LogP contribution is -2.47. The largest absolute Gasteiger partial charge is 0.479 e. The Kier molecular flexibility index (Phi) is 5.76. The lowest BCUT2D eigenvalue weighted by molar-refractivity contribution is -0.134. The summed E-state index contributed by atoms with van der Waals surface area (Å²) in [6.07, 6.45) is 1.97. The molecule has 1 aromatic rings. The monoisotopic (exact) mass is 402 g/mol. The number of ether oxygens (including phenoxy) is 1. The van der Waals surface area contributed by atoms with Crippen LogP contribution < -0.4 is 20.7 Å². The van der Waals surface area contributed by atoms with Gasteiger partial charge in [0.1, 0.15) is 17.8 Å². The van der Waals surface area contributed by atoms with Gasteiger partial charge in [0, 0.05) is 5.69 Å². The SMILES string of the molecule is CCCC1(CCC)NC(=O)N(CC(=O)Nc2ccc3c(c2)NC(=O)[C@H](C)O3)C1=O. The van der Waals surface area contributed by atoms with Crippen molar-refractivity contribution in [3.63, 3.8) is 0 Å². The van der Waals surface area contributed by atoms with E-state index in [2.05, 4.69) is 16.0 Å². The second-order valence-electron chi connectivity index (χ2n) is 7.41. The number of urea groups is 1. The van der Waals surface area contributed by atoms with E-state index in [4.69, 9.17) is 4.74 Å². The molecule has 0 aliphatic carbocycles. The number of hydrogen-bond acceptors (Lipinski definition) is 5. The maximum atomic E-state index is 12.9. The van der Waals surface area contributed by atoms with Crippen LogP contribution in [0.4, 0.5) is 16.2 Å². The summed E-state index contributed by atoms with van der Waals surface area (Å²) in [6, 6.07) is 4.29. The Balaban J connectivity index is 1.68. The van der Waals surface area contributed by atoms with E-state index in [-0.39, 0.29) is 18.4 Å². The van der Waals surface area contributed by atoms with Crippen LogP contribution in [-0.4, -0.2) is 46.8 Å². The molecule has 156 valence electrons. The van der Waals surface area contributed by atoms with Crippen molar-refractivity contribution in [2.24, 2.45) is 0 Å². The number of imide groups is 1. The van der Waals surface area contributed by atoms with Crippen molar-refractivity contribution in [3.05, 3.63) is 18.2 Å². The van der Waals surface area contributed by atoms with Gasteiger partial charge in [0.2, 0.25) is 5.91 Å². The molecule has 0 radical (unpaired) electrons. The summed E-state index contributed by atoms with van der Waals surface area (Å²) in [5.74, 6) is -0.633. The van der Waals surface area contributed by atoms with Gasteiger partial charge in [-0.05, 0) is 38.0 Å². The molecule has 0 unspecified atom stereocenters. The molecule has 1 atom stereocenters. The van der Waals surface area contributed by atoms with Crippen molar-refractivity contribution in [2.45, 2.75) is 58.1 Å². The van der Waals surface area contributed by atoms with E-state index in [0.717, 1.165) is 17.7 Å². The number of nitrogens with zero attached hydrogens (tertiary/aromatic N) is 1. The molecule has 0 aromatic heterocycles. The van der Waals surface area contributed by atoms with Gasteiger partial charge in [0.25, 0.3) is 11.8 Å². The molecule has 5 amide bonds. The van der Waals surface area contributed by atoms with Gasteiger partial charge in [-0.1, -0.05) is 26.7 Å². The van der Waals surface area contributed by atoms with Crippen LogP contribution in [0, 0.1) is 0 Å². The average molecular weight is 402 g/mol. The van der Waals surface area contributed by atoms with Crippen molar-refractivity contribution in [1.29, 1.82) is 0 Å². The second-order valence-corrected chi connectivity index (χ2v) is 7.41. The average Bonchev–Trinajstić information content (AvgIpc) is 2.88. The Hall–Kier alpha value is -3.10. The molecular weight excluding hydrogens is 376 g/mol. The third kappa shape index (κ3) is 4.03. The van der Waals surface area contributed by atoms with Crippen LogP contribution in [-0.2, 0) is 14.4 Å². The molecule has 1 aromatic carbocycles. The van der Waals surface area contributed by atoms with Gasteiger partial charge in [-0.3, -0.25) is 19.3 Å². The highest BCUT2D eigenvalue weighted by Gasteiger charge is 2.50. The lowest BCUT2D eigenvalue weighted by Gasteiger charge is -2.25. The summed E-state index contributed by atoms with van der Waals surface area (Å²) in [4.78, 5) is 50.4. The highest BCUT2D eigenvalue weighted by molar-refractivity contribution is 6.10. The first-order chi connectivity index (χ1) is 13.8. The van der Waals surface area contributed by atoms with E-state index in [1.807, 2.05) is 13.8 Å². The summed E-state index contributed by atoms with van der Waals surface area (Å²) in [7, 11) is 0. The van der Waals surface area contributed by atoms with Crippen molar-refractivity contribution in [3.8, 4) is 5.75 Å². The molecule has 3 rings (SSSR count). The number of benzene rings is 1. The first-order valence-electron chi connectivity index (χ1n) is 9.85. The van der Waals surface area contributed by atoms with E-state index in [0.29, 0.717) is 30.0 Å². The Labute approximate surface area is 169 Å². The summed E-state index contributed by atoms with van der Waals surface area (Å²) in [6.45, 7) is 5.16. The van der Waals surface area contributed by atoms with Crippen molar-refractivity contribution in [2.75, 3.05) is 17.2 Å². The van der Waals surface area contributed by atoms with Crippen molar-refractivity contribution < 1.29 is 23.9 Å². The third-order valence-corrected chi connectivity index (χ3v) is 5.10. The standard InChI is InChI=1S/C20H26N4O5/c1-4-8-20(9-5-2)18(27)24(19(28)23-20)11-16(25)21-13-6-7-15-14(10-13)22-17(26)12(3)29-15/h6-7,10,12H,4-5,8-9,11H2,1-3H3,(H,21,25)(H,22,26)(H,23,28)/t12-/m0/s1. The maximum Gasteiger partial charge on any atom is 0.325 e. The second kappa shape index (κ2) is 8.10. The number of nitrogens with one attached hydrogen (secondary N) is 3. The Morgan fingerprint density at radius 1 is 1.21 bits per heavy atom. The first-order valence-corrected chi connectivity index (χ1v) is 9.85. The fourth-order valence-corrected chi connectivity index (χ4v) is 3.77. The molecule has 9 nitrogen and oxygen atoms in total. The van der Waals surface area contributed by atoms with Crippen LogP contribution >= 0.6 is 0 Å². The molecule has 3 N–H and O–H groups in total. The van der Waals surface area contributed by atoms with Crippen LogP contribution in [0.25, 0.3) is 0 Å². The topological polar surface area (TPSA) is 117 Å². The lowest BCUT2D eigenvalue weighted by atomic mass is 9.88. The first kappa shape index (κ1) is 20.6. The van der Waals surface area contributed by atoms with Gasteiger partial charge in [-0.2, -0.15) is 0 Å². The van der Waals surface area contributed by atoms with Gasteiger partial charge in [0.05, 0.1) is 5.69 Å². The summed E-state index contributed by atoms with van der Waals surface area (Å²) < 4.78 is 5.48. The van der Waals surface area contributed by atoms with E-state index in [1.54, 1.807) is 25.1 Å². The summed E-state index contributed by atoms with van der Waals surface area (Å²) >= 11 is 0. The summed E-state index contributed by atoms with van der Waals surface area (Å²) in [5, 5.41) is 8.14. The number of rotatable bonds is 7. The minimum Gasteiger partial charge on any atom is -0.479 e. The van der Waals surface area contributed by atoms with Gasteiger partial charge in [-0.25, -0.2) is 4.79 Å². The number of amides is 5. The molecule has 1 fully saturated rings. The molecule has 29 heavy (non-hydrogen) atoms. The molecule has 0 spiro atoms. The van der Waals surface area contributed by atoms with Crippen LogP contribution in [0.2, 0.25) is 0 Å². The Morgan fingerprint density at radius 2 is 1.90 bits per heavy atom. The van der Waals surface area contributed by atoms with E-state index < -0.39 is 23.6 Å². The number of carbonyl (C=O) groups excluding carboxylic acids is 4.